The van der Waals surface area contributed by atoms with E-state index in [1.54, 1.807) is 6.92 Å². The van der Waals surface area contributed by atoms with Crippen molar-refractivity contribution < 1.29 is 5.11 Å². The lowest BCUT2D eigenvalue weighted by molar-refractivity contribution is 0.147. The van der Waals surface area contributed by atoms with Gasteiger partial charge in [0.1, 0.15) is 5.60 Å². The number of rotatable bonds is 4. The molecule has 0 aliphatic carbocycles. The predicted octanol–water partition coefficient (Wildman–Crippen LogP) is 2.56. The number of alkyl halides is 1. The van der Waals surface area contributed by atoms with Gasteiger partial charge >= 0.3 is 0 Å². The molecule has 0 heterocycles. The summed E-state index contributed by atoms with van der Waals surface area (Å²) in [5.74, 6) is 5.84. The molecule has 0 aliphatic rings. The Morgan fingerprint density at radius 3 is 2.58 bits per heavy atom. The molecule has 0 aliphatic heterocycles. The molecule has 0 bridgehead atoms. The van der Waals surface area contributed by atoms with E-state index >= 15 is 0 Å². The molecule has 1 nitrogen and oxygen atoms in total. The van der Waals surface area contributed by atoms with Crippen LogP contribution in [0.4, 0.5) is 0 Å². The van der Waals surface area contributed by atoms with Crippen molar-refractivity contribution in [3.05, 3.63) is 0 Å². The van der Waals surface area contributed by atoms with Gasteiger partial charge in [0.05, 0.1) is 5.88 Å². The summed E-state index contributed by atoms with van der Waals surface area (Å²) >= 11 is 5.48. The average molecular weight is 189 g/mol. The molecule has 0 rings (SSSR count). The molecular formula is C10H17ClO. The van der Waals surface area contributed by atoms with Gasteiger partial charge in [-0.2, -0.15) is 0 Å². The number of hydrogen-bond acceptors (Lipinski definition) is 1. The molecule has 0 radical (unpaired) electrons. The first-order chi connectivity index (χ1) is 5.62. The summed E-state index contributed by atoms with van der Waals surface area (Å²) in [4.78, 5) is 0. The Labute approximate surface area is 80.1 Å². The molecule has 0 aromatic heterocycles. The second-order valence-corrected chi connectivity index (χ2v) is 3.43. The largest absolute Gasteiger partial charge is 0.377 e. The maximum absolute atomic E-state index is 9.37. The van der Waals surface area contributed by atoms with Crippen LogP contribution in [0.25, 0.3) is 0 Å². The quantitative estimate of drug-likeness (QED) is 0.409. The van der Waals surface area contributed by atoms with Gasteiger partial charge in [-0.15, -0.1) is 17.5 Å². The number of unbranched alkanes of at least 4 members (excludes halogenated alkanes) is 3. The first kappa shape index (κ1) is 11.8. The highest BCUT2D eigenvalue weighted by Crippen LogP contribution is 2.04. The van der Waals surface area contributed by atoms with Gasteiger partial charge < -0.3 is 5.11 Å². The molecule has 2 heteroatoms. The van der Waals surface area contributed by atoms with Crippen molar-refractivity contribution in [2.45, 2.75) is 45.1 Å². The fraction of sp³-hybridized carbons (Fsp3) is 0.800. The zero-order valence-electron chi connectivity index (χ0n) is 7.86. The fourth-order valence-electron chi connectivity index (χ4n) is 0.750. The third-order valence-corrected chi connectivity index (χ3v) is 2.04. The molecule has 0 fully saturated rings. The highest BCUT2D eigenvalue weighted by Gasteiger charge is 2.13. The number of aliphatic hydroxyl groups is 1. The van der Waals surface area contributed by atoms with E-state index < -0.39 is 5.60 Å². The average Bonchev–Trinajstić information content (AvgIpc) is 2.04. The summed E-state index contributed by atoms with van der Waals surface area (Å²) in [7, 11) is 0. The van der Waals surface area contributed by atoms with Crippen LogP contribution in [0, 0.1) is 11.8 Å². The van der Waals surface area contributed by atoms with Gasteiger partial charge in [-0.1, -0.05) is 25.7 Å². The van der Waals surface area contributed by atoms with Gasteiger partial charge in [-0.05, 0) is 13.3 Å². The van der Waals surface area contributed by atoms with Gasteiger partial charge in [0.25, 0.3) is 0 Å². The lowest BCUT2D eigenvalue weighted by Crippen LogP contribution is -2.23. The van der Waals surface area contributed by atoms with Crippen LogP contribution in [-0.4, -0.2) is 16.6 Å². The molecular weight excluding hydrogens is 172 g/mol. The lowest BCUT2D eigenvalue weighted by atomic mass is 10.1. The zero-order valence-corrected chi connectivity index (χ0v) is 8.62. The van der Waals surface area contributed by atoms with Crippen LogP contribution in [0.1, 0.15) is 39.5 Å². The van der Waals surface area contributed by atoms with E-state index in [0.717, 1.165) is 12.8 Å². The van der Waals surface area contributed by atoms with Gasteiger partial charge in [0.15, 0.2) is 0 Å². The Morgan fingerprint density at radius 2 is 2.08 bits per heavy atom. The van der Waals surface area contributed by atoms with E-state index in [1.165, 1.54) is 12.8 Å². The molecule has 12 heavy (non-hydrogen) atoms. The molecule has 0 amide bonds. The highest BCUT2D eigenvalue weighted by molar-refractivity contribution is 6.18. The molecule has 1 N–H and O–H groups in total. The van der Waals surface area contributed by atoms with Crippen LogP contribution in [0.5, 0.6) is 0 Å². The van der Waals surface area contributed by atoms with Crippen molar-refractivity contribution in [3.8, 4) is 11.8 Å². The van der Waals surface area contributed by atoms with Gasteiger partial charge in [-0.3, -0.25) is 0 Å². The van der Waals surface area contributed by atoms with Crippen LogP contribution in [0.3, 0.4) is 0 Å². The minimum atomic E-state index is -1.01. The van der Waals surface area contributed by atoms with Crippen molar-refractivity contribution >= 4 is 11.6 Å². The number of halogens is 1. The van der Waals surface area contributed by atoms with E-state index in [4.69, 9.17) is 11.6 Å². The van der Waals surface area contributed by atoms with Gasteiger partial charge in [0.2, 0.25) is 0 Å². The molecule has 1 unspecified atom stereocenters. The highest BCUT2D eigenvalue weighted by atomic mass is 35.5. The first-order valence-corrected chi connectivity index (χ1v) is 4.94. The minimum absolute atomic E-state index is 0.174. The first-order valence-electron chi connectivity index (χ1n) is 4.41. The second-order valence-electron chi connectivity index (χ2n) is 3.17. The standard InChI is InChI=1S/C10H17ClO/c1-3-4-5-6-7-8-10(2,12)9-11/h12H,3-6,9H2,1-2H3. The summed E-state index contributed by atoms with van der Waals surface area (Å²) in [5.41, 5.74) is -1.01. The maximum atomic E-state index is 9.37. The third-order valence-electron chi connectivity index (χ3n) is 1.52. The van der Waals surface area contributed by atoms with Crippen LogP contribution in [0.2, 0.25) is 0 Å². The van der Waals surface area contributed by atoms with E-state index in [9.17, 15) is 5.11 Å². The van der Waals surface area contributed by atoms with Crippen LogP contribution >= 0.6 is 11.6 Å². The summed E-state index contributed by atoms with van der Waals surface area (Å²) < 4.78 is 0. The van der Waals surface area contributed by atoms with Crippen molar-refractivity contribution in [2.75, 3.05) is 5.88 Å². The SMILES string of the molecule is CCCCCC#CC(C)(O)CCl. The molecule has 0 aromatic rings. The summed E-state index contributed by atoms with van der Waals surface area (Å²) in [6.45, 7) is 3.79. The Kier molecular flexibility index (Phi) is 6.24. The third kappa shape index (κ3) is 6.52. The van der Waals surface area contributed by atoms with Crippen LogP contribution in [-0.2, 0) is 0 Å². The van der Waals surface area contributed by atoms with Crippen LogP contribution in [0.15, 0.2) is 0 Å². The van der Waals surface area contributed by atoms with Crippen molar-refractivity contribution in [1.29, 1.82) is 0 Å². The summed E-state index contributed by atoms with van der Waals surface area (Å²) in [6, 6.07) is 0. The molecule has 1 atom stereocenters. The van der Waals surface area contributed by atoms with Crippen molar-refractivity contribution in [2.24, 2.45) is 0 Å². The Morgan fingerprint density at radius 1 is 1.42 bits per heavy atom. The van der Waals surface area contributed by atoms with Gasteiger partial charge in [-0.25, -0.2) is 0 Å². The summed E-state index contributed by atoms with van der Waals surface area (Å²) in [6.07, 6.45) is 4.38. The van der Waals surface area contributed by atoms with Crippen LogP contribution < -0.4 is 0 Å². The van der Waals surface area contributed by atoms with E-state index in [2.05, 4.69) is 18.8 Å². The summed E-state index contributed by atoms with van der Waals surface area (Å²) in [5, 5.41) is 9.37. The molecule has 0 saturated heterocycles. The second kappa shape index (κ2) is 6.34. The maximum Gasteiger partial charge on any atom is 0.136 e. The molecule has 0 saturated carbocycles. The van der Waals surface area contributed by atoms with E-state index in [0.29, 0.717) is 0 Å². The molecule has 0 aromatic carbocycles. The lowest BCUT2D eigenvalue weighted by Gasteiger charge is -2.10. The smallest absolute Gasteiger partial charge is 0.136 e. The Balaban J connectivity index is 3.58. The fourth-order valence-corrected chi connectivity index (χ4v) is 0.817. The topological polar surface area (TPSA) is 20.2 Å². The predicted molar refractivity (Wildman–Crippen MR) is 53.3 cm³/mol. The van der Waals surface area contributed by atoms with Gasteiger partial charge in [0, 0.05) is 6.42 Å². The Hall–Kier alpha value is -0.190. The monoisotopic (exact) mass is 188 g/mol. The van der Waals surface area contributed by atoms with E-state index in [-0.39, 0.29) is 5.88 Å². The number of hydrogen-bond donors (Lipinski definition) is 1. The van der Waals surface area contributed by atoms with Crippen molar-refractivity contribution in [1.82, 2.24) is 0 Å². The zero-order chi connectivity index (χ0) is 9.45. The normalized spacial score (nSPS) is 14.7. The molecule has 70 valence electrons. The molecule has 0 spiro atoms. The van der Waals surface area contributed by atoms with E-state index in [1.807, 2.05) is 0 Å². The minimum Gasteiger partial charge on any atom is -0.377 e. The van der Waals surface area contributed by atoms with Crippen molar-refractivity contribution in [3.63, 3.8) is 0 Å². The Bertz CT molecular complexity index is 164.